The van der Waals surface area contributed by atoms with Crippen molar-refractivity contribution < 1.29 is 14.3 Å². The molecule has 120 valence electrons. The lowest BCUT2D eigenvalue weighted by Gasteiger charge is -2.08. The van der Waals surface area contributed by atoms with E-state index >= 15 is 0 Å². The summed E-state index contributed by atoms with van der Waals surface area (Å²) in [5.74, 6) is -0.794. The zero-order valence-corrected chi connectivity index (χ0v) is 13.5. The zero-order valence-electron chi connectivity index (χ0n) is 13.5. The lowest BCUT2D eigenvalue weighted by molar-refractivity contribution is -0.124. The minimum atomic E-state index is -0.481. The maximum Gasteiger partial charge on any atom is 0.338 e. The van der Waals surface area contributed by atoms with Gasteiger partial charge >= 0.3 is 5.97 Å². The first-order valence-electron chi connectivity index (χ1n) is 7.67. The van der Waals surface area contributed by atoms with Crippen LogP contribution in [-0.2, 0) is 22.5 Å². The van der Waals surface area contributed by atoms with Gasteiger partial charge in [-0.05, 0) is 36.1 Å². The van der Waals surface area contributed by atoms with Crippen molar-refractivity contribution in [3.8, 4) is 0 Å². The van der Waals surface area contributed by atoms with Gasteiger partial charge in [-0.3, -0.25) is 4.79 Å². The third-order valence-electron chi connectivity index (χ3n) is 3.62. The molecule has 0 bridgehead atoms. The highest BCUT2D eigenvalue weighted by atomic mass is 16.5. The van der Waals surface area contributed by atoms with E-state index in [1.54, 1.807) is 12.1 Å². The van der Waals surface area contributed by atoms with Gasteiger partial charge in [0, 0.05) is 6.54 Å². The van der Waals surface area contributed by atoms with Crippen LogP contribution < -0.4 is 5.32 Å². The van der Waals surface area contributed by atoms with E-state index < -0.39 is 5.97 Å². The van der Waals surface area contributed by atoms with Crippen LogP contribution in [0, 0.1) is 6.92 Å². The van der Waals surface area contributed by atoms with Crippen LogP contribution in [0.4, 0.5) is 0 Å². The summed E-state index contributed by atoms with van der Waals surface area (Å²) < 4.78 is 5.04. The van der Waals surface area contributed by atoms with Gasteiger partial charge in [-0.25, -0.2) is 4.79 Å². The third-order valence-corrected chi connectivity index (χ3v) is 3.62. The van der Waals surface area contributed by atoms with Gasteiger partial charge in [-0.2, -0.15) is 0 Å². The number of hydrogen-bond acceptors (Lipinski definition) is 3. The topological polar surface area (TPSA) is 55.4 Å². The Labute approximate surface area is 136 Å². The SMILES string of the molecule is CCc1ccc(CNC(=O)COC(=O)c2ccccc2C)cc1. The fourth-order valence-electron chi connectivity index (χ4n) is 2.16. The molecular formula is C19H21NO3. The van der Waals surface area contributed by atoms with Crippen molar-refractivity contribution in [2.45, 2.75) is 26.8 Å². The van der Waals surface area contributed by atoms with E-state index in [0.717, 1.165) is 17.5 Å². The molecule has 0 fully saturated rings. The molecule has 0 heterocycles. The fourth-order valence-corrected chi connectivity index (χ4v) is 2.16. The van der Waals surface area contributed by atoms with E-state index in [4.69, 9.17) is 4.74 Å². The third kappa shape index (κ3) is 4.95. The quantitative estimate of drug-likeness (QED) is 0.834. The van der Waals surface area contributed by atoms with Crippen molar-refractivity contribution in [1.82, 2.24) is 5.32 Å². The number of amides is 1. The number of carbonyl (C=O) groups is 2. The van der Waals surface area contributed by atoms with Crippen molar-refractivity contribution in [2.24, 2.45) is 0 Å². The molecule has 0 radical (unpaired) electrons. The summed E-state index contributed by atoms with van der Waals surface area (Å²) in [5.41, 5.74) is 3.58. The van der Waals surface area contributed by atoms with Crippen molar-refractivity contribution in [2.75, 3.05) is 6.61 Å². The number of esters is 1. The average Bonchev–Trinajstić information content (AvgIpc) is 2.58. The van der Waals surface area contributed by atoms with Crippen molar-refractivity contribution in [3.05, 3.63) is 70.8 Å². The zero-order chi connectivity index (χ0) is 16.7. The van der Waals surface area contributed by atoms with Gasteiger partial charge in [-0.15, -0.1) is 0 Å². The van der Waals surface area contributed by atoms with Crippen LogP contribution in [0.1, 0.15) is 34.0 Å². The van der Waals surface area contributed by atoms with Gasteiger partial charge < -0.3 is 10.1 Å². The summed E-state index contributed by atoms with van der Waals surface area (Å²) in [6.45, 7) is 4.07. The first kappa shape index (κ1) is 16.7. The lowest BCUT2D eigenvalue weighted by atomic mass is 10.1. The van der Waals surface area contributed by atoms with Crippen LogP contribution in [0.25, 0.3) is 0 Å². The second kappa shape index (κ2) is 8.13. The minimum absolute atomic E-state index is 0.278. The molecular weight excluding hydrogens is 290 g/mol. The molecule has 2 aromatic rings. The molecule has 0 aliphatic carbocycles. The summed E-state index contributed by atoms with van der Waals surface area (Å²) in [4.78, 5) is 23.7. The Balaban J connectivity index is 1.78. The Hall–Kier alpha value is -2.62. The molecule has 4 heteroatoms. The number of ether oxygens (including phenoxy) is 1. The van der Waals surface area contributed by atoms with Gasteiger partial charge in [0.15, 0.2) is 6.61 Å². The monoisotopic (exact) mass is 311 g/mol. The average molecular weight is 311 g/mol. The summed E-state index contributed by atoms with van der Waals surface area (Å²) in [6, 6.07) is 15.2. The van der Waals surface area contributed by atoms with E-state index in [0.29, 0.717) is 12.1 Å². The Morgan fingerprint density at radius 3 is 2.30 bits per heavy atom. The molecule has 0 unspecified atom stereocenters. The van der Waals surface area contributed by atoms with Crippen LogP contribution in [0.15, 0.2) is 48.5 Å². The molecule has 0 saturated heterocycles. The lowest BCUT2D eigenvalue weighted by Crippen LogP contribution is -2.28. The molecule has 0 aliphatic heterocycles. The Morgan fingerprint density at radius 1 is 1.00 bits per heavy atom. The molecule has 2 aromatic carbocycles. The van der Waals surface area contributed by atoms with Crippen molar-refractivity contribution in [3.63, 3.8) is 0 Å². The number of hydrogen-bond donors (Lipinski definition) is 1. The van der Waals surface area contributed by atoms with Crippen LogP contribution in [0.5, 0.6) is 0 Å². The van der Waals surface area contributed by atoms with Crippen molar-refractivity contribution >= 4 is 11.9 Å². The van der Waals surface area contributed by atoms with Crippen LogP contribution >= 0.6 is 0 Å². The van der Waals surface area contributed by atoms with Crippen LogP contribution in [0.3, 0.4) is 0 Å². The highest BCUT2D eigenvalue weighted by Gasteiger charge is 2.11. The molecule has 0 atom stereocenters. The number of aryl methyl sites for hydroxylation is 2. The van der Waals surface area contributed by atoms with E-state index in [1.807, 2.05) is 43.3 Å². The van der Waals surface area contributed by atoms with E-state index in [1.165, 1.54) is 5.56 Å². The maximum atomic E-state index is 11.9. The van der Waals surface area contributed by atoms with Gasteiger partial charge in [0.2, 0.25) is 0 Å². The predicted octanol–water partition coefficient (Wildman–Crippen LogP) is 3.03. The normalized spacial score (nSPS) is 10.2. The largest absolute Gasteiger partial charge is 0.452 e. The Bertz CT molecular complexity index is 677. The smallest absolute Gasteiger partial charge is 0.338 e. The molecule has 1 amide bonds. The second-order valence-electron chi connectivity index (χ2n) is 5.34. The van der Waals surface area contributed by atoms with Gasteiger partial charge in [-0.1, -0.05) is 49.4 Å². The molecule has 4 nitrogen and oxygen atoms in total. The minimum Gasteiger partial charge on any atom is -0.452 e. The predicted molar refractivity (Wildman–Crippen MR) is 89.1 cm³/mol. The summed E-state index contributed by atoms with van der Waals surface area (Å²) >= 11 is 0. The number of carbonyl (C=O) groups excluding carboxylic acids is 2. The van der Waals surface area contributed by atoms with Gasteiger partial charge in [0.1, 0.15) is 0 Å². The fraction of sp³-hybridized carbons (Fsp3) is 0.263. The van der Waals surface area contributed by atoms with Gasteiger partial charge in [0.05, 0.1) is 5.56 Å². The molecule has 0 aromatic heterocycles. The Kier molecular flexibility index (Phi) is 5.92. The number of nitrogens with one attached hydrogen (secondary N) is 1. The highest BCUT2D eigenvalue weighted by molar-refractivity contribution is 5.92. The maximum absolute atomic E-state index is 11.9. The van der Waals surface area contributed by atoms with E-state index in [2.05, 4.69) is 12.2 Å². The second-order valence-corrected chi connectivity index (χ2v) is 5.34. The highest BCUT2D eigenvalue weighted by Crippen LogP contribution is 2.08. The number of benzene rings is 2. The first-order chi connectivity index (χ1) is 11.1. The standard InChI is InChI=1S/C19H21NO3/c1-3-15-8-10-16(11-9-15)12-20-18(21)13-23-19(22)17-7-5-4-6-14(17)2/h4-11H,3,12-13H2,1-2H3,(H,20,21). The van der Waals surface area contributed by atoms with E-state index in [-0.39, 0.29) is 12.5 Å². The number of rotatable bonds is 6. The summed E-state index contributed by atoms with van der Waals surface area (Å²) in [5, 5.41) is 2.74. The molecule has 23 heavy (non-hydrogen) atoms. The Morgan fingerprint density at radius 2 is 1.65 bits per heavy atom. The molecule has 1 N–H and O–H groups in total. The molecule has 0 aliphatic rings. The molecule has 0 saturated carbocycles. The summed E-state index contributed by atoms with van der Waals surface area (Å²) in [6.07, 6.45) is 0.988. The summed E-state index contributed by atoms with van der Waals surface area (Å²) in [7, 11) is 0. The van der Waals surface area contributed by atoms with Crippen LogP contribution in [0.2, 0.25) is 0 Å². The van der Waals surface area contributed by atoms with E-state index in [9.17, 15) is 9.59 Å². The van der Waals surface area contributed by atoms with Crippen LogP contribution in [-0.4, -0.2) is 18.5 Å². The molecule has 0 spiro atoms. The molecule has 2 rings (SSSR count). The van der Waals surface area contributed by atoms with Crippen molar-refractivity contribution in [1.29, 1.82) is 0 Å². The van der Waals surface area contributed by atoms with Gasteiger partial charge in [0.25, 0.3) is 5.91 Å². The first-order valence-corrected chi connectivity index (χ1v) is 7.67.